The van der Waals surface area contributed by atoms with Crippen molar-refractivity contribution in [1.29, 1.82) is 0 Å². The van der Waals surface area contributed by atoms with E-state index in [-0.39, 0.29) is 36.3 Å². The van der Waals surface area contributed by atoms with Crippen molar-refractivity contribution in [1.82, 2.24) is 10.3 Å². The Bertz CT molecular complexity index is 557. The monoisotopic (exact) mass is 321 g/mol. The van der Waals surface area contributed by atoms with Crippen molar-refractivity contribution in [2.24, 2.45) is 5.73 Å². The van der Waals surface area contributed by atoms with Gasteiger partial charge in [-0.2, -0.15) is 0 Å². The SMILES string of the molecule is CC(C)(CN)NC(=O)c1ccc2ncsc2c1.Cl.Cl. The third-order valence-corrected chi connectivity index (χ3v) is 3.35. The molecule has 0 aliphatic carbocycles. The van der Waals surface area contributed by atoms with Crippen LogP contribution in [0.5, 0.6) is 0 Å². The van der Waals surface area contributed by atoms with Crippen molar-refractivity contribution in [3.8, 4) is 0 Å². The van der Waals surface area contributed by atoms with Crippen LogP contribution in [0, 0.1) is 0 Å². The van der Waals surface area contributed by atoms with E-state index in [0.717, 1.165) is 10.2 Å². The van der Waals surface area contributed by atoms with Gasteiger partial charge in [0.25, 0.3) is 5.91 Å². The van der Waals surface area contributed by atoms with Crippen molar-refractivity contribution < 1.29 is 4.79 Å². The number of nitrogens with zero attached hydrogens (tertiary/aromatic N) is 1. The first-order valence-electron chi connectivity index (χ1n) is 5.38. The van der Waals surface area contributed by atoms with Crippen LogP contribution in [0.15, 0.2) is 23.7 Å². The Morgan fingerprint density at radius 2 is 2.11 bits per heavy atom. The normalized spacial score (nSPS) is 10.5. The number of carbonyl (C=O) groups is 1. The number of thiazole rings is 1. The van der Waals surface area contributed by atoms with E-state index < -0.39 is 0 Å². The Balaban J connectivity index is 0.00000162. The summed E-state index contributed by atoms with van der Waals surface area (Å²) in [6, 6.07) is 5.50. The highest BCUT2D eigenvalue weighted by Crippen LogP contribution is 2.19. The molecule has 0 unspecified atom stereocenters. The summed E-state index contributed by atoms with van der Waals surface area (Å²) in [5, 5.41) is 2.90. The zero-order chi connectivity index (χ0) is 12.5. The molecule has 0 spiro atoms. The minimum absolute atomic E-state index is 0. The van der Waals surface area contributed by atoms with Gasteiger partial charge in [-0.15, -0.1) is 36.2 Å². The van der Waals surface area contributed by atoms with Gasteiger partial charge in [0.15, 0.2) is 0 Å². The molecule has 0 radical (unpaired) electrons. The lowest BCUT2D eigenvalue weighted by Gasteiger charge is -2.24. The second kappa shape index (κ2) is 7.05. The number of hydrogen-bond acceptors (Lipinski definition) is 4. The fourth-order valence-corrected chi connectivity index (χ4v) is 2.14. The van der Waals surface area contributed by atoms with Crippen molar-refractivity contribution in [2.75, 3.05) is 6.54 Å². The number of nitrogens with one attached hydrogen (secondary N) is 1. The lowest BCUT2D eigenvalue weighted by Crippen LogP contribution is -2.48. The standard InChI is InChI=1S/C12H15N3OS.2ClH/c1-12(2,6-13)15-11(16)8-3-4-9-10(5-8)17-7-14-9;;/h3-5,7H,6,13H2,1-2H3,(H,15,16);2*1H. The lowest BCUT2D eigenvalue weighted by atomic mass is 10.1. The summed E-state index contributed by atoms with van der Waals surface area (Å²) in [6.45, 7) is 4.20. The van der Waals surface area contributed by atoms with Gasteiger partial charge in [0.2, 0.25) is 0 Å². The molecule has 0 aliphatic rings. The predicted molar refractivity (Wildman–Crippen MR) is 84.7 cm³/mol. The molecule has 0 bridgehead atoms. The number of hydrogen-bond donors (Lipinski definition) is 2. The summed E-state index contributed by atoms with van der Waals surface area (Å²) in [5.41, 5.74) is 8.53. The van der Waals surface area contributed by atoms with Crippen LogP contribution >= 0.6 is 36.2 Å². The Morgan fingerprint density at radius 1 is 1.42 bits per heavy atom. The second-order valence-corrected chi connectivity index (χ2v) is 5.46. The smallest absolute Gasteiger partial charge is 0.251 e. The summed E-state index contributed by atoms with van der Waals surface area (Å²) in [5.74, 6) is -0.101. The Labute approximate surface area is 128 Å². The van der Waals surface area contributed by atoms with Crippen molar-refractivity contribution in [2.45, 2.75) is 19.4 Å². The van der Waals surface area contributed by atoms with Gasteiger partial charge in [-0.1, -0.05) is 0 Å². The molecule has 106 valence electrons. The molecule has 3 N–H and O–H groups in total. The zero-order valence-corrected chi connectivity index (χ0v) is 13.1. The van der Waals surface area contributed by atoms with Crippen molar-refractivity contribution in [3.63, 3.8) is 0 Å². The Morgan fingerprint density at radius 3 is 2.74 bits per heavy atom. The van der Waals surface area contributed by atoms with E-state index >= 15 is 0 Å². The third-order valence-electron chi connectivity index (χ3n) is 2.56. The van der Waals surface area contributed by atoms with Crippen LogP contribution in [-0.4, -0.2) is 23.0 Å². The van der Waals surface area contributed by atoms with Crippen LogP contribution in [0.1, 0.15) is 24.2 Å². The molecular weight excluding hydrogens is 305 g/mol. The first-order chi connectivity index (χ1) is 8.02. The predicted octanol–water partition coefficient (Wildman–Crippen LogP) is 2.61. The van der Waals surface area contributed by atoms with Crippen molar-refractivity contribution in [3.05, 3.63) is 29.3 Å². The fourth-order valence-electron chi connectivity index (χ4n) is 1.43. The molecule has 0 aliphatic heterocycles. The molecule has 1 aromatic carbocycles. The summed E-state index contributed by atoms with van der Waals surface area (Å²) >= 11 is 1.53. The van der Waals surface area contributed by atoms with E-state index in [1.165, 1.54) is 11.3 Å². The van der Waals surface area contributed by atoms with E-state index in [0.29, 0.717) is 12.1 Å². The lowest BCUT2D eigenvalue weighted by molar-refractivity contribution is 0.0916. The number of fused-ring (bicyclic) bond motifs is 1. The molecule has 2 rings (SSSR count). The largest absolute Gasteiger partial charge is 0.346 e. The molecule has 4 nitrogen and oxygen atoms in total. The molecule has 0 saturated carbocycles. The first kappa shape index (κ1) is 18.1. The van der Waals surface area contributed by atoms with Gasteiger partial charge < -0.3 is 11.1 Å². The number of carbonyl (C=O) groups excluding carboxylic acids is 1. The minimum Gasteiger partial charge on any atom is -0.346 e. The van der Waals surface area contributed by atoms with Crippen LogP contribution in [0.4, 0.5) is 0 Å². The van der Waals surface area contributed by atoms with Gasteiger partial charge in [-0.3, -0.25) is 4.79 Å². The van der Waals surface area contributed by atoms with E-state index in [4.69, 9.17) is 5.73 Å². The molecule has 0 saturated heterocycles. The van der Waals surface area contributed by atoms with E-state index in [1.807, 2.05) is 26.0 Å². The summed E-state index contributed by atoms with van der Waals surface area (Å²) in [6.07, 6.45) is 0. The Hall–Kier alpha value is -0.880. The fraction of sp³-hybridized carbons (Fsp3) is 0.333. The van der Waals surface area contributed by atoms with Gasteiger partial charge in [0.1, 0.15) is 0 Å². The van der Waals surface area contributed by atoms with Gasteiger partial charge in [0.05, 0.1) is 15.7 Å². The van der Waals surface area contributed by atoms with Gasteiger partial charge in [-0.05, 0) is 32.0 Å². The highest BCUT2D eigenvalue weighted by atomic mass is 35.5. The topological polar surface area (TPSA) is 68.0 Å². The number of halogens is 2. The number of rotatable bonds is 3. The number of nitrogens with two attached hydrogens (primary N) is 1. The van der Waals surface area contributed by atoms with E-state index in [1.54, 1.807) is 11.6 Å². The molecule has 1 heterocycles. The van der Waals surface area contributed by atoms with E-state index in [2.05, 4.69) is 10.3 Å². The molecular formula is C12H17Cl2N3OS. The minimum atomic E-state index is -0.389. The third kappa shape index (κ3) is 4.31. The number of aromatic nitrogens is 1. The number of benzene rings is 1. The highest BCUT2D eigenvalue weighted by Gasteiger charge is 2.19. The Kier molecular flexibility index (Phi) is 6.72. The molecule has 19 heavy (non-hydrogen) atoms. The van der Waals surface area contributed by atoms with Crippen LogP contribution in [0.3, 0.4) is 0 Å². The van der Waals surface area contributed by atoms with Crippen molar-refractivity contribution >= 4 is 52.3 Å². The van der Waals surface area contributed by atoms with Crippen LogP contribution in [0.2, 0.25) is 0 Å². The highest BCUT2D eigenvalue weighted by molar-refractivity contribution is 7.16. The van der Waals surface area contributed by atoms with Gasteiger partial charge in [0, 0.05) is 17.6 Å². The molecule has 1 aromatic heterocycles. The summed E-state index contributed by atoms with van der Waals surface area (Å²) < 4.78 is 1.02. The summed E-state index contributed by atoms with van der Waals surface area (Å²) in [7, 11) is 0. The molecule has 0 fully saturated rings. The van der Waals surface area contributed by atoms with Crippen LogP contribution < -0.4 is 11.1 Å². The number of amides is 1. The molecule has 1 amide bonds. The molecule has 7 heteroatoms. The van der Waals surface area contributed by atoms with Crippen LogP contribution in [-0.2, 0) is 0 Å². The average Bonchev–Trinajstić information content (AvgIpc) is 2.75. The average molecular weight is 322 g/mol. The first-order valence-corrected chi connectivity index (χ1v) is 6.26. The van der Waals surface area contributed by atoms with Gasteiger partial charge in [-0.25, -0.2) is 4.98 Å². The summed E-state index contributed by atoms with van der Waals surface area (Å²) in [4.78, 5) is 16.2. The zero-order valence-electron chi connectivity index (χ0n) is 10.7. The molecule has 0 atom stereocenters. The molecule has 2 aromatic rings. The van der Waals surface area contributed by atoms with Crippen LogP contribution in [0.25, 0.3) is 10.2 Å². The van der Waals surface area contributed by atoms with E-state index in [9.17, 15) is 4.79 Å². The maximum atomic E-state index is 12.0. The quantitative estimate of drug-likeness (QED) is 0.913. The second-order valence-electron chi connectivity index (χ2n) is 4.58. The van der Waals surface area contributed by atoms with Gasteiger partial charge >= 0.3 is 0 Å². The maximum Gasteiger partial charge on any atom is 0.251 e. The maximum absolute atomic E-state index is 12.0.